The predicted octanol–water partition coefficient (Wildman–Crippen LogP) is 1.53. The summed E-state index contributed by atoms with van der Waals surface area (Å²) in [5, 5.41) is 0. The second-order valence-corrected chi connectivity index (χ2v) is 8.86. The van der Waals surface area contributed by atoms with Gasteiger partial charge in [-0.3, -0.25) is 0 Å². The Bertz CT molecular complexity index is 1080. The fourth-order valence-corrected chi connectivity index (χ4v) is 4.00. The summed E-state index contributed by atoms with van der Waals surface area (Å²) in [6.45, 7) is 0.302. The summed E-state index contributed by atoms with van der Waals surface area (Å²) in [6, 6.07) is 6.22. The number of nitrogens with zero attached hydrogens (tertiary/aromatic N) is 4. The van der Waals surface area contributed by atoms with Gasteiger partial charge in [0.15, 0.2) is 27.3 Å². The number of sulfone groups is 1. The molecule has 2 aromatic rings. The van der Waals surface area contributed by atoms with E-state index in [-0.39, 0.29) is 60.2 Å². The second kappa shape index (κ2) is 9.16. The molecule has 0 unspecified atom stereocenters. The average Bonchev–Trinajstić information content (AvgIpc) is 2.72. The number of nitrogens with two attached hydrogens (primary N) is 1. The van der Waals surface area contributed by atoms with Crippen LogP contribution in [-0.4, -0.2) is 56.0 Å². The number of hydrogen-bond donors (Lipinski definition) is 1. The zero-order valence-electron chi connectivity index (χ0n) is 16.3. The largest absolute Gasteiger partial charge is 0.481 e. The van der Waals surface area contributed by atoms with Gasteiger partial charge < -0.3 is 15.4 Å². The normalized spacial score (nSPS) is 17.1. The maximum absolute atomic E-state index is 14.2. The highest BCUT2D eigenvalue weighted by Gasteiger charge is 2.25. The van der Waals surface area contributed by atoms with Gasteiger partial charge in [0.2, 0.25) is 5.90 Å². The van der Waals surface area contributed by atoms with Crippen molar-refractivity contribution >= 4 is 27.2 Å². The average molecular weight is 437 g/mol. The molecule has 0 aliphatic carbocycles. The van der Waals surface area contributed by atoms with E-state index in [9.17, 15) is 17.2 Å². The van der Waals surface area contributed by atoms with Crippen LogP contribution in [-0.2, 0) is 21.1 Å². The number of benzene rings is 1. The molecule has 1 saturated heterocycles. The standard InChI is InChI=1S/C19H21F2N5O3S/c1-29-17(23-11-13-4-2-3-5-14(13)20)10-16(22)18-24-12-15(21)19(25-18)26-6-8-30(27,28)9-7-26/h2-5,10,12H,6-9,11,22H2,1H3. The zero-order valence-corrected chi connectivity index (χ0v) is 17.1. The molecule has 1 aromatic carbocycles. The Morgan fingerprint density at radius 3 is 2.63 bits per heavy atom. The molecule has 0 saturated carbocycles. The van der Waals surface area contributed by atoms with Crippen LogP contribution in [0.3, 0.4) is 0 Å². The van der Waals surface area contributed by atoms with E-state index in [0.29, 0.717) is 5.56 Å². The van der Waals surface area contributed by atoms with Crippen LogP contribution in [0.4, 0.5) is 14.6 Å². The molecule has 160 valence electrons. The minimum atomic E-state index is -3.12. The number of aliphatic imine (C=N–C) groups is 1. The van der Waals surface area contributed by atoms with E-state index in [0.717, 1.165) is 6.20 Å². The number of rotatable bonds is 5. The summed E-state index contributed by atoms with van der Waals surface area (Å²) in [5.74, 6) is -1.07. The molecule has 0 atom stereocenters. The highest BCUT2D eigenvalue weighted by atomic mass is 32.2. The Kier molecular flexibility index (Phi) is 6.60. The highest BCUT2D eigenvalue weighted by molar-refractivity contribution is 7.91. The van der Waals surface area contributed by atoms with Gasteiger partial charge in [0.1, 0.15) is 5.82 Å². The van der Waals surface area contributed by atoms with Gasteiger partial charge in [-0.1, -0.05) is 18.2 Å². The predicted molar refractivity (Wildman–Crippen MR) is 110 cm³/mol. The first-order valence-corrected chi connectivity index (χ1v) is 10.9. The molecule has 11 heteroatoms. The van der Waals surface area contributed by atoms with Crippen molar-refractivity contribution in [1.29, 1.82) is 0 Å². The van der Waals surface area contributed by atoms with Crippen molar-refractivity contribution in [2.75, 3.05) is 36.6 Å². The Hall–Kier alpha value is -3.08. The highest BCUT2D eigenvalue weighted by Crippen LogP contribution is 2.20. The van der Waals surface area contributed by atoms with E-state index < -0.39 is 15.7 Å². The Balaban J connectivity index is 1.81. The Labute approximate surface area is 173 Å². The van der Waals surface area contributed by atoms with Gasteiger partial charge in [0.25, 0.3) is 0 Å². The number of halogens is 2. The monoisotopic (exact) mass is 437 g/mol. The summed E-state index contributed by atoms with van der Waals surface area (Å²) in [7, 11) is -1.73. The molecule has 1 fully saturated rings. The topological polar surface area (TPSA) is 111 Å². The van der Waals surface area contributed by atoms with Gasteiger partial charge in [-0.15, -0.1) is 0 Å². The lowest BCUT2D eigenvalue weighted by Gasteiger charge is -2.28. The second-order valence-electron chi connectivity index (χ2n) is 6.55. The lowest BCUT2D eigenvalue weighted by Crippen LogP contribution is -2.41. The van der Waals surface area contributed by atoms with E-state index in [1.807, 2.05) is 0 Å². The van der Waals surface area contributed by atoms with Crippen molar-refractivity contribution < 1.29 is 21.9 Å². The minimum Gasteiger partial charge on any atom is -0.481 e. The number of aromatic nitrogens is 2. The molecule has 2 heterocycles. The molecule has 1 aromatic heterocycles. The summed E-state index contributed by atoms with van der Waals surface area (Å²) in [4.78, 5) is 13.7. The fourth-order valence-electron chi connectivity index (χ4n) is 2.80. The van der Waals surface area contributed by atoms with E-state index in [4.69, 9.17) is 10.5 Å². The number of ether oxygens (including phenoxy) is 1. The van der Waals surface area contributed by atoms with Crippen LogP contribution in [0, 0.1) is 11.6 Å². The van der Waals surface area contributed by atoms with E-state index in [2.05, 4.69) is 15.0 Å². The van der Waals surface area contributed by atoms with Crippen LogP contribution in [0.25, 0.3) is 5.70 Å². The lowest BCUT2D eigenvalue weighted by atomic mass is 10.2. The van der Waals surface area contributed by atoms with Crippen LogP contribution in [0.15, 0.2) is 41.5 Å². The van der Waals surface area contributed by atoms with Crippen LogP contribution in [0.2, 0.25) is 0 Å². The smallest absolute Gasteiger partial charge is 0.210 e. The first kappa shape index (κ1) is 21.6. The molecule has 0 amide bonds. The Morgan fingerprint density at radius 2 is 1.97 bits per heavy atom. The van der Waals surface area contributed by atoms with Gasteiger partial charge in [-0.25, -0.2) is 32.2 Å². The lowest BCUT2D eigenvalue weighted by molar-refractivity contribution is 0.404. The molecule has 1 aliphatic rings. The van der Waals surface area contributed by atoms with Crippen molar-refractivity contribution in [2.24, 2.45) is 10.7 Å². The zero-order chi connectivity index (χ0) is 21.7. The van der Waals surface area contributed by atoms with E-state index in [1.54, 1.807) is 23.1 Å². The van der Waals surface area contributed by atoms with Crippen molar-refractivity contribution in [3.63, 3.8) is 0 Å². The van der Waals surface area contributed by atoms with Gasteiger partial charge in [-0.05, 0) is 6.07 Å². The van der Waals surface area contributed by atoms with Crippen molar-refractivity contribution in [1.82, 2.24) is 9.97 Å². The van der Waals surface area contributed by atoms with Gasteiger partial charge in [-0.2, -0.15) is 0 Å². The molecule has 2 N–H and O–H groups in total. The third-order valence-corrected chi connectivity index (χ3v) is 6.09. The third kappa shape index (κ3) is 5.29. The molecule has 8 nitrogen and oxygen atoms in total. The van der Waals surface area contributed by atoms with Crippen LogP contribution in [0.1, 0.15) is 11.4 Å². The first-order chi connectivity index (χ1) is 14.3. The number of hydrogen-bond acceptors (Lipinski definition) is 8. The maximum atomic E-state index is 14.2. The minimum absolute atomic E-state index is 0.0199. The van der Waals surface area contributed by atoms with E-state index >= 15 is 0 Å². The third-order valence-electron chi connectivity index (χ3n) is 4.48. The van der Waals surface area contributed by atoms with Crippen molar-refractivity contribution in [3.05, 3.63) is 59.6 Å². The molecular weight excluding hydrogens is 416 g/mol. The van der Waals surface area contributed by atoms with Crippen LogP contribution < -0.4 is 10.6 Å². The van der Waals surface area contributed by atoms with Gasteiger partial charge in [0.05, 0.1) is 37.1 Å². The molecule has 1 aliphatic heterocycles. The summed E-state index contributed by atoms with van der Waals surface area (Å²) in [6.07, 6.45) is 2.34. The SMILES string of the molecule is COC(C=C(N)c1ncc(F)c(N2CCS(=O)(=O)CC2)n1)=NCc1ccccc1F. The van der Waals surface area contributed by atoms with E-state index in [1.165, 1.54) is 19.3 Å². The summed E-state index contributed by atoms with van der Waals surface area (Å²) >= 11 is 0. The van der Waals surface area contributed by atoms with Crippen molar-refractivity contribution in [2.45, 2.75) is 6.54 Å². The van der Waals surface area contributed by atoms with Gasteiger partial charge >= 0.3 is 0 Å². The summed E-state index contributed by atoms with van der Waals surface area (Å²) in [5.41, 5.74) is 6.48. The van der Waals surface area contributed by atoms with Crippen LogP contribution >= 0.6 is 0 Å². The summed E-state index contributed by atoms with van der Waals surface area (Å²) < 4.78 is 56.3. The quantitative estimate of drug-likeness (QED) is 0.558. The molecule has 0 bridgehead atoms. The van der Waals surface area contributed by atoms with Crippen molar-refractivity contribution in [3.8, 4) is 0 Å². The first-order valence-electron chi connectivity index (χ1n) is 9.06. The fraction of sp³-hybridized carbons (Fsp3) is 0.316. The molecular formula is C19H21F2N5O3S. The maximum Gasteiger partial charge on any atom is 0.210 e. The number of methoxy groups -OCH3 is 1. The molecule has 0 radical (unpaired) electrons. The number of anilines is 1. The van der Waals surface area contributed by atoms with Gasteiger partial charge in [0, 0.05) is 24.7 Å². The molecule has 30 heavy (non-hydrogen) atoms. The molecule has 3 rings (SSSR count). The molecule has 0 spiro atoms. The van der Waals surface area contributed by atoms with Crippen LogP contribution in [0.5, 0.6) is 0 Å². The Morgan fingerprint density at radius 1 is 1.27 bits per heavy atom.